The normalized spacial score (nSPS) is 20.8. The van der Waals surface area contributed by atoms with Gasteiger partial charge in [0.25, 0.3) is 0 Å². The molecule has 1 atom stereocenters. The summed E-state index contributed by atoms with van der Waals surface area (Å²) in [6.45, 7) is 5.96. The smallest absolute Gasteiger partial charge is 0.243 e. The molecule has 2 amide bonds. The Labute approximate surface area is 149 Å². The number of hydrogen-bond acceptors (Lipinski definition) is 3. The minimum atomic E-state index is -0.171. The summed E-state index contributed by atoms with van der Waals surface area (Å²) < 4.78 is 0. The van der Waals surface area contributed by atoms with Crippen LogP contribution in [0.1, 0.15) is 30.4 Å². The van der Waals surface area contributed by atoms with Crippen molar-refractivity contribution < 1.29 is 9.59 Å². The number of rotatable bonds is 4. The van der Waals surface area contributed by atoms with E-state index in [1.54, 1.807) is 0 Å². The lowest BCUT2D eigenvalue weighted by molar-refractivity contribution is -0.125. The maximum atomic E-state index is 12.3. The highest BCUT2D eigenvalue weighted by Gasteiger charge is 2.57. The van der Waals surface area contributed by atoms with Gasteiger partial charge in [0.05, 0.1) is 6.54 Å². The van der Waals surface area contributed by atoms with Crippen LogP contribution in [0.25, 0.3) is 0 Å². The summed E-state index contributed by atoms with van der Waals surface area (Å²) in [5.41, 5.74) is 3.10. The lowest BCUT2D eigenvalue weighted by Crippen LogP contribution is -2.37. The van der Waals surface area contributed by atoms with Crippen LogP contribution in [-0.4, -0.2) is 31.4 Å². The van der Waals surface area contributed by atoms with Gasteiger partial charge in [-0.25, -0.2) is 0 Å². The highest BCUT2D eigenvalue weighted by Crippen LogP contribution is 2.58. The van der Waals surface area contributed by atoms with E-state index in [1.165, 1.54) is 0 Å². The summed E-state index contributed by atoms with van der Waals surface area (Å²) in [6.07, 6.45) is 3.11. The number of aryl methyl sites for hydroxylation is 2. The number of carbonyl (C=O) groups is 2. The van der Waals surface area contributed by atoms with Crippen LogP contribution >= 0.6 is 12.4 Å². The lowest BCUT2D eigenvalue weighted by Gasteiger charge is -2.23. The Bertz CT molecular complexity index is 606. The zero-order valence-electron chi connectivity index (χ0n) is 14.3. The Morgan fingerprint density at radius 3 is 2.46 bits per heavy atom. The van der Waals surface area contributed by atoms with Crippen molar-refractivity contribution in [2.45, 2.75) is 33.1 Å². The van der Waals surface area contributed by atoms with Crippen LogP contribution in [0.15, 0.2) is 18.2 Å². The molecule has 1 spiro atoms. The topological polar surface area (TPSA) is 70.2 Å². The van der Waals surface area contributed by atoms with Crippen LogP contribution in [0.4, 0.5) is 5.69 Å². The first-order valence-corrected chi connectivity index (χ1v) is 8.36. The number of halogens is 1. The van der Waals surface area contributed by atoms with Gasteiger partial charge in [-0.2, -0.15) is 0 Å². The first-order chi connectivity index (χ1) is 11.0. The Morgan fingerprint density at radius 2 is 1.83 bits per heavy atom. The number of hydrogen-bond donors (Lipinski definition) is 3. The quantitative estimate of drug-likeness (QED) is 0.778. The third-order valence-corrected chi connectivity index (χ3v) is 5.27. The van der Waals surface area contributed by atoms with Crippen LogP contribution in [0.5, 0.6) is 0 Å². The molecular weight excluding hydrogens is 326 g/mol. The van der Waals surface area contributed by atoms with E-state index in [0.29, 0.717) is 0 Å². The van der Waals surface area contributed by atoms with Crippen molar-refractivity contribution in [3.05, 3.63) is 29.3 Å². The first-order valence-electron chi connectivity index (χ1n) is 8.36. The number of benzene rings is 1. The molecule has 1 aromatic carbocycles. The average molecular weight is 352 g/mol. The summed E-state index contributed by atoms with van der Waals surface area (Å²) in [6, 6.07) is 5.90. The number of anilines is 1. The zero-order valence-corrected chi connectivity index (χ0v) is 15.1. The number of carbonyl (C=O) groups excluding carboxylic acids is 2. The predicted molar refractivity (Wildman–Crippen MR) is 97.4 cm³/mol. The van der Waals surface area contributed by atoms with E-state index in [0.717, 1.165) is 49.2 Å². The third-order valence-electron chi connectivity index (χ3n) is 5.27. The molecule has 1 aliphatic heterocycles. The predicted octanol–water partition coefficient (Wildman–Crippen LogP) is 2.17. The monoisotopic (exact) mass is 351 g/mol. The van der Waals surface area contributed by atoms with Gasteiger partial charge in [-0.3, -0.25) is 9.59 Å². The van der Waals surface area contributed by atoms with Crippen molar-refractivity contribution in [3.63, 3.8) is 0 Å². The van der Waals surface area contributed by atoms with Crippen LogP contribution in [0.3, 0.4) is 0 Å². The molecule has 1 unspecified atom stereocenters. The SMILES string of the molecule is Cc1cccc(C)c1NC(=O)CNC(=O)C1CC12CCNCC2.Cl. The summed E-state index contributed by atoms with van der Waals surface area (Å²) in [7, 11) is 0. The van der Waals surface area contributed by atoms with E-state index < -0.39 is 0 Å². The molecule has 5 nitrogen and oxygen atoms in total. The van der Waals surface area contributed by atoms with Gasteiger partial charge < -0.3 is 16.0 Å². The number of amides is 2. The van der Waals surface area contributed by atoms with Crippen molar-refractivity contribution in [1.82, 2.24) is 10.6 Å². The minimum Gasteiger partial charge on any atom is -0.347 e. The van der Waals surface area contributed by atoms with E-state index in [4.69, 9.17) is 0 Å². The van der Waals surface area contributed by atoms with Crippen LogP contribution < -0.4 is 16.0 Å². The molecule has 3 N–H and O–H groups in total. The van der Waals surface area contributed by atoms with Gasteiger partial charge in [0.2, 0.25) is 11.8 Å². The highest BCUT2D eigenvalue weighted by molar-refractivity contribution is 5.96. The Balaban J connectivity index is 0.00000208. The maximum Gasteiger partial charge on any atom is 0.243 e. The van der Waals surface area contributed by atoms with Crippen LogP contribution in [0.2, 0.25) is 0 Å². The van der Waals surface area contributed by atoms with E-state index in [9.17, 15) is 9.59 Å². The van der Waals surface area contributed by atoms with Gasteiger partial charge in [-0.1, -0.05) is 18.2 Å². The summed E-state index contributed by atoms with van der Waals surface area (Å²) >= 11 is 0. The van der Waals surface area contributed by atoms with Crippen molar-refractivity contribution in [1.29, 1.82) is 0 Å². The molecule has 1 saturated carbocycles. The van der Waals surface area contributed by atoms with Crippen molar-refractivity contribution in [2.24, 2.45) is 11.3 Å². The molecule has 2 aliphatic rings. The summed E-state index contributed by atoms with van der Waals surface area (Å²) in [5.74, 6) is -0.0445. The van der Waals surface area contributed by atoms with Crippen molar-refractivity contribution in [3.8, 4) is 0 Å². The molecule has 1 aliphatic carbocycles. The zero-order chi connectivity index (χ0) is 16.4. The fourth-order valence-electron chi connectivity index (χ4n) is 3.68. The van der Waals surface area contributed by atoms with Gasteiger partial charge in [0, 0.05) is 11.6 Å². The van der Waals surface area contributed by atoms with Crippen molar-refractivity contribution in [2.75, 3.05) is 25.0 Å². The second-order valence-electron chi connectivity index (χ2n) is 6.90. The number of piperidine rings is 1. The second-order valence-corrected chi connectivity index (χ2v) is 6.90. The second kappa shape index (κ2) is 7.53. The molecule has 1 heterocycles. The first kappa shape index (κ1) is 18.7. The molecule has 1 saturated heterocycles. The summed E-state index contributed by atoms with van der Waals surface area (Å²) in [4.78, 5) is 24.4. The molecule has 0 aromatic heterocycles. The largest absolute Gasteiger partial charge is 0.347 e. The fourth-order valence-corrected chi connectivity index (χ4v) is 3.68. The molecule has 3 rings (SSSR count). The van der Waals surface area contributed by atoms with Gasteiger partial charge in [-0.15, -0.1) is 12.4 Å². The number of nitrogens with one attached hydrogen (secondary N) is 3. The van der Waals surface area contributed by atoms with E-state index in [1.807, 2.05) is 32.0 Å². The maximum absolute atomic E-state index is 12.3. The average Bonchev–Trinajstić information content (AvgIpc) is 3.22. The molecule has 2 fully saturated rings. The molecule has 6 heteroatoms. The molecule has 24 heavy (non-hydrogen) atoms. The van der Waals surface area contributed by atoms with Gasteiger partial charge in [0.1, 0.15) is 0 Å². The van der Waals surface area contributed by atoms with Gasteiger partial charge in [0.15, 0.2) is 0 Å². The highest BCUT2D eigenvalue weighted by atomic mass is 35.5. The van der Waals surface area contributed by atoms with Crippen LogP contribution in [0, 0.1) is 25.2 Å². The fraction of sp³-hybridized carbons (Fsp3) is 0.556. The molecule has 0 bridgehead atoms. The molecular formula is C18H26ClN3O2. The van der Waals surface area contributed by atoms with E-state index in [2.05, 4.69) is 16.0 Å². The van der Waals surface area contributed by atoms with E-state index in [-0.39, 0.29) is 42.1 Å². The molecule has 1 aromatic rings. The lowest BCUT2D eigenvalue weighted by atomic mass is 9.92. The van der Waals surface area contributed by atoms with Crippen LogP contribution in [-0.2, 0) is 9.59 Å². The molecule has 132 valence electrons. The van der Waals surface area contributed by atoms with Crippen molar-refractivity contribution >= 4 is 29.9 Å². The third kappa shape index (κ3) is 3.90. The molecule has 0 radical (unpaired) electrons. The Hall–Kier alpha value is -1.59. The van der Waals surface area contributed by atoms with Gasteiger partial charge >= 0.3 is 0 Å². The number of para-hydroxylation sites is 1. The van der Waals surface area contributed by atoms with E-state index >= 15 is 0 Å². The Kier molecular flexibility index (Phi) is 5.88. The standard InChI is InChI=1S/C18H25N3O2.ClH/c1-12-4-3-5-13(2)16(12)21-15(22)11-20-17(23)14-10-18(14)6-8-19-9-7-18;/h3-5,14,19H,6-11H2,1-2H3,(H,20,23)(H,21,22);1H. The Morgan fingerprint density at radius 1 is 1.21 bits per heavy atom. The minimum absolute atomic E-state index is 0. The summed E-state index contributed by atoms with van der Waals surface area (Å²) in [5, 5.41) is 9.04. The van der Waals surface area contributed by atoms with Gasteiger partial charge in [-0.05, 0) is 62.7 Å².